The summed E-state index contributed by atoms with van der Waals surface area (Å²) in [5.41, 5.74) is 0.805. The Morgan fingerprint density at radius 2 is 2.19 bits per heavy atom. The van der Waals surface area contributed by atoms with Crippen molar-refractivity contribution in [1.82, 2.24) is 15.0 Å². The first kappa shape index (κ1) is 16.4. The standard InChI is InChI=1S/C19H19N3O4/c1-24-14-7-4-6-13(12-14)17-20-18(26-21-17)15-8-2-3-10-22(15)19(23)16-9-5-11-25-16/h4-7,9,11-12,15H,2-3,8,10H2,1H3/t15-/m0/s1. The number of piperidine rings is 1. The van der Waals surface area contributed by atoms with Gasteiger partial charge in [-0.05, 0) is 43.5 Å². The molecule has 0 unspecified atom stereocenters. The highest BCUT2D eigenvalue weighted by Gasteiger charge is 2.33. The maximum absolute atomic E-state index is 12.7. The topological polar surface area (TPSA) is 81.6 Å². The first-order chi connectivity index (χ1) is 12.8. The van der Waals surface area contributed by atoms with Crippen LogP contribution in [0.3, 0.4) is 0 Å². The molecule has 26 heavy (non-hydrogen) atoms. The van der Waals surface area contributed by atoms with E-state index >= 15 is 0 Å². The Labute approximate surface area is 150 Å². The minimum Gasteiger partial charge on any atom is -0.497 e. The number of nitrogens with zero attached hydrogens (tertiary/aromatic N) is 3. The summed E-state index contributed by atoms with van der Waals surface area (Å²) in [4.78, 5) is 19.0. The number of hydrogen-bond donors (Lipinski definition) is 0. The molecule has 1 aliphatic rings. The lowest BCUT2D eigenvalue weighted by Crippen LogP contribution is -2.38. The van der Waals surface area contributed by atoms with Crippen LogP contribution >= 0.6 is 0 Å². The van der Waals surface area contributed by atoms with Gasteiger partial charge in [0.25, 0.3) is 5.91 Å². The van der Waals surface area contributed by atoms with Gasteiger partial charge in [0.2, 0.25) is 11.7 Å². The molecule has 1 fully saturated rings. The Balaban J connectivity index is 1.61. The third-order valence-electron chi connectivity index (χ3n) is 4.55. The molecule has 7 heteroatoms. The normalized spacial score (nSPS) is 17.3. The monoisotopic (exact) mass is 353 g/mol. The molecule has 1 aromatic carbocycles. The van der Waals surface area contributed by atoms with Crippen LogP contribution in [-0.2, 0) is 0 Å². The van der Waals surface area contributed by atoms with E-state index in [1.54, 1.807) is 24.1 Å². The molecule has 3 heterocycles. The maximum Gasteiger partial charge on any atom is 0.290 e. The lowest BCUT2D eigenvalue weighted by atomic mass is 10.0. The van der Waals surface area contributed by atoms with Gasteiger partial charge in [-0.3, -0.25) is 4.79 Å². The first-order valence-corrected chi connectivity index (χ1v) is 8.59. The molecule has 0 bridgehead atoms. The zero-order chi connectivity index (χ0) is 17.9. The summed E-state index contributed by atoms with van der Waals surface area (Å²) in [5.74, 6) is 1.82. The fourth-order valence-corrected chi connectivity index (χ4v) is 3.22. The Hall–Kier alpha value is -3.09. The average Bonchev–Trinajstić information content (AvgIpc) is 3.39. The van der Waals surface area contributed by atoms with Crippen LogP contribution in [0.4, 0.5) is 0 Å². The van der Waals surface area contributed by atoms with Crippen LogP contribution in [0.1, 0.15) is 41.7 Å². The molecule has 1 saturated heterocycles. The van der Waals surface area contributed by atoms with Gasteiger partial charge < -0.3 is 18.6 Å². The Kier molecular flexibility index (Phi) is 4.43. The predicted molar refractivity (Wildman–Crippen MR) is 92.6 cm³/mol. The molecule has 0 N–H and O–H groups in total. The number of ether oxygens (including phenoxy) is 1. The Morgan fingerprint density at radius 3 is 3.00 bits per heavy atom. The summed E-state index contributed by atoms with van der Waals surface area (Å²) < 4.78 is 16.0. The van der Waals surface area contributed by atoms with Crippen LogP contribution in [-0.4, -0.2) is 34.6 Å². The van der Waals surface area contributed by atoms with Crippen LogP contribution in [0.5, 0.6) is 5.75 Å². The maximum atomic E-state index is 12.7. The molecule has 7 nitrogen and oxygen atoms in total. The first-order valence-electron chi connectivity index (χ1n) is 8.59. The summed E-state index contributed by atoms with van der Waals surface area (Å²) in [7, 11) is 1.61. The second-order valence-corrected chi connectivity index (χ2v) is 6.18. The van der Waals surface area contributed by atoms with Gasteiger partial charge in [0.1, 0.15) is 11.8 Å². The molecule has 3 aromatic rings. The second-order valence-electron chi connectivity index (χ2n) is 6.18. The average molecular weight is 353 g/mol. The fourth-order valence-electron chi connectivity index (χ4n) is 3.22. The third-order valence-corrected chi connectivity index (χ3v) is 4.55. The second kappa shape index (κ2) is 7.03. The number of furan rings is 1. The largest absolute Gasteiger partial charge is 0.497 e. The van der Waals surface area contributed by atoms with Crippen molar-refractivity contribution in [2.45, 2.75) is 25.3 Å². The van der Waals surface area contributed by atoms with E-state index in [4.69, 9.17) is 13.7 Å². The summed E-state index contributed by atoms with van der Waals surface area (Å²) in [6, 6.07) is 10.6. The molecule has 134 valence electrons. The van der Waals surface area contributed by atoms with E-state index in [-0.39, 0.29) is 11.9 Å². The lowest BCUT2D eigenvalue weighted by molar-refractivity contribution is 0.0529. The molecule has 4 rings (SSSR count). The minimum absolute atomic E-state index is 0.152. The van der Waals surface area contributed by atoms with Crippen molar-refractivity contribution in [3.8, 4) is 17.1 Å². The van der Waals surface area contributed by atoms with Gasteiger partial charge >= 0.3 is 0 Å². The van der Waals surface area contributed by atoms with E-state index in [9.17, 15) is 4.79 Å². The van der Waals surface area contributed by atoms with Crippen molar-refractivity contribution in [3.63, 3.8) is 0 Å². The van der Waals surface area contributed by atoms with Gasteiger partial charge in [0.15, 0.2) is 5.76 Å². The van der Waals surface area contributed by atoms with Crippen LogP contribution < -0.4 is 4.74 Å². The molecule has 1 amide bonds. The van der Waals surface area contributed by atoms with Crippen LogP contribution in [0.2, 0.25) is 0 Å². The van der Waals surface area contributed by atoms with E-state index in [0.717, 1.165) is 30.6 Å². The van der Waals surface area contributed by atoms with E-state index in [0.29, 0.717) is 24.0 Å². The highest BCUT2D eigenvalue weighted by molar-refractivity contribution is 5.91. The number of hydrogen-bond acceptors (Lipinski definition) is 6. The van der Waals surface area contributed by atoms with E-state index < -0.39 is 0 Å². The SMILES string of the molecule is COc1cccc(-c2noc([C@@H]3CCCCN3C(=O)c3ccco3)n2)c1. The number of carbonyl (C=O) groups is 1. The molecule has 0 aliphatic carbocycles. The van der Waals surface area contributed by atoms with Gasteiger partial charge in [0.05, 0.1) is 13.4 Å². The number of rotatable bonds is 4. The third kappa shape index (κ3) is 3.08. The smallest absolute Gasteiger partial charge is 0.290 e. The van der Waals surface area contributed by atoms with Gasteiger partial charge in [-0.15, -0.1) is 0 Å². The summed E-state index contributed by atoms with van der Waals surface area (Å²) in [6.45, 7) is 0.640. The van der Waals surface area contributed by atoms with Crippen molar-refractivity contribution in [2.75, 3.05) is 13.7 Å². The molecule has 1 aliphatic heterocycles. The van der Waals surface area contributed by atoms with Crippen molar-refractivity contribution < 1.29 is 18.5 Å². The number of aromatic nitrogens is 2. The Bertz CT molecular complexity index is 888. The van der Waals surface area contributed by atoms with Crippen molar-refractivity contribution in [1.29, 1.82) is 0 Å². The molecular formula is C19H19N3O4. The van der Waals surface area contributed by atoms with Gasteiger partial charge in [0, 0.05) is 12.1 Å². The molecule has 0 spiro atoms. The van der Waals surface area contributed by atoms with E-state index in [2.05, 4.69) is 10.1 Å². The molecular weight excluding hydrogens is 334 g/mol. The van der Waals surface area contributed by atoms with Crippen LogP contribution in [0.25, 0.3) is 11.4 Å². The number of likely N-dealkylation sites (tertiary alicyclic amines) is 1. The number of amides is 1. The van der Waals surface area contributed by atoms with Crippen molar-refractivity contribution >= 4 is 5.91 Å². The zero-order valence-electron chi connectivity index (χ0n) is 14.4. The van der Waals surface area contributed by atoms with Gasteiger partial charge in [-0.2, -0.15) is 4.98 Å². The van der Waals surface area contributed by atoms with E-state index in [1.165, 1.54) is 6.26 Å². The number of methoxy groups -OCH3 is 1. The van der Waals surface area contributed by atoms with Crippen LogP contribution in [0, 0.1) is 0 Å². The van der Waals surface area contributed by atoms with Crippen molar-refractivity contribution in [3.05, 3.63) is 54.3 Å². The van der Waals surface area contributed by atoms with Gasteiger partial charge in [-0.1, -0.05) is 17.3 Å². The van der Waals surface area contributed by atoms with Crippen molar-refractivity contribution in [2.24, 2.45) is 0 Å². The fraction of sp³-hybridized carbons (Fsp3) is 0.316. The predicted octanol–water partition coefficient (Wildman–Crippen LogP) is 3.71. The summed E-state index contributed by atoms with van der Waals surface area (Å²) >= 11 is 0. The molecule has 2 aromatic heterocycles. The van der Waals surface area contributed by atoms with Crippen LogP contribution in [0.15, 0.2) is 51.6 Å². The Morgan fingerprint density at radius 1 is 1.27 bits per heavy atom. The number of carbonyl (C=O) groups excluding carboxylic acids is 1. The summed E-state index contributed by atoms with van der Waals surface area (Å²) in [6.07, 6.45) is 4.23. The van der Waals surface area contributed by atoms with Gasteiger partial charge in [-0.25, -0.2) is 0 Å². The molecule has 1 atom stereocenters. The highest BCUT2D eigenvalue weighted by atomic mass is 16.5. The zero-order valence-corrected chi connectivity index (χ0v) is 14.4. The molecule has 0 radical (unpaired) electrons. The lowest BCUT2D eigenvalue weighted by Gasteiger charge is -2.32. The number of benzene rings is 1. The molecule has 0 saturated carbocycles. The quantitative estimate of drug-likeness (QED) is 0.711. The minimum atomic E-state index is -0.242. The summed E-state index contributed by atoms with van der Waals surface area (Å²) in [5, 5.41) is 4.09. The van der Waals surface area contributed by atoms with E-state index in [1.807, 2.05) is 24.3 Å². The highest BCUT2D eigenvalue weighted by Crippen LogP contribution is 2.32.